The number of hydrogen-bond acceptors (Lipinski definition) is 4. The molecule has 2 aromatic rings. The second-order valence-electron chi connectivity index (χ2n) is 6.11. The number of aromatic nitrogens is 2. The van der Waals surface area contributed by atoms with Crippen molar-refractivity contribution in [3.05, 3.63) is 47.4 Å². The molecule has 1 N–H and O–H groups in total. The summed E-state index contributed by atoms with van der Waals surface area (Å²) in [6.45, 7) is 2.27. The lowest BCUT2D eigenvalue weighted by atomic mass is 10.1. The Morgan fingerprint density at radius 3 is 2.52 bits per heavy atom. The van der Waals surface area contributed by atoms with Crippen LogP contribution in [0.5, 0.6) is 5.75 Å². The van der Waals surface area contributed by atoms with Crippen molar-refractivity contribution in [1.82, 2.24) is 10.2 Å². The summed E-state index contributed by atoms with van der Waals surface area (Å²) in [4.78, 5) is 0. The summed E-state index contributed by atoms with van der Waals surface area (Å²) in [6, 6.07) is 6.28. The molecule has 1 saturated carbocycles. The molecule has 0 aliphatic heterocycles. The average Bonchev–Trinajstić information content (AvgIpc) is 3.37. The highest BCUT2D eigenvalue weighted by Crippen LogP contribution is 2.31. The van der Waals surface area contributed by atoms with Crippen LogP contribution in [0.1, 0.15) is 37.1 Å². The molecule has 0 spiro atoms. The van der Waals surface area contributed by atoms with Crippen LogP contribution in [0.4, 0.5) is 23.4 Å². The minimum atomic E-state index is -4.53. The van der Waals surface area contributed by atoms with Crippen molar-refractivity contribution in [3.63, 3.8) is 0 Å². The number of halogens is 4. The van der Waals surface area contributed by atoms with E-state index in [1.807, 2.05) is 0 Å². The lowest BCUT2D eigenvalue weighted by molar-refractivity contribution is -0.141. The zero-order chi connectivity index (χ0) is 18.0. The number of anilines is 1. The first-order valence-electron chi connectivity index (χ1n) is 7.92. The molecule has 1 heterocycles. The van der Waals surface area contributed by atoms with Crippen molar-refractivity contribution in [2.75, 3.05) is 11.9 Å². The van der Waals surface area contributed by atoms with Gasteiger partial charge in [0.05, 0.1) is 12.6 Å². The van der Waals surface area contributed by atoms with Crippen LogP contribution in [0.3, 0.4) is 0 Å². The number of nitrogens with one attached hydrogen (secondary N) is 1. The van der Waals surface area contributed by atoms with E-state index in [2.05, 4.69) is 15.5 Å². The number of benzene rings is 1. The predicted octanol–water partition coefficient (Wildman–Crippen LogP) is 4.60. The Kier molecular flexibility index (Phi) is 4.78. The van der Waals surface area contributed by atoms with Crippen LogP contribution >= 0.6 is 0 Å². The highest BCUT2D eigenvalue weighted by atomic mass is 19.4. The molecule has 1 fully saturated rings. The summed E-state index contributed by atoms with van der Waals surface area (Å²) < 4.78 is 56.9. The average molecular weight is 355 g/mol. The van der Waals surface area contributed by atoms with E-state index in [0.29, 0.717) is 18.1 Å². The Balaban J connectivity index is 1.64. The van der Waals surface area contributed by atoms with E-state index in [1.54, 1.807) is 19.1 Å². The van der Waals surface area contributed by atoms with Gasteiger partial charge in [0.15, 0.2) is 17.3 Å². The first-order chi connectivity index (χ1) is 11.8. The summed E-state index contributed by atoms with van der Waals surface area (Å²) in [5.41, 5.74) is -0.438. The molecule has 0 saturated heterocycles. The van der Waals surface area contributed by atoms with Gasteiger partial charge in [-0.15, -0.1) is 10.2 Å². The fourth-order valence-electron chi connectivity index (χ4n) is 2.26. The fraction of sp³-hybridized carbons (Fsp3) is 0.412. The second-order valence-corrected chi connectivity index (χ2v) is 6.11. The molecule has 0 amide bonds. The van der Waals surface area contributed by atoms with Crippen LogP contribution in [-0.2, 0) is 6.18 Å². The van der Waals surface area contributed by atoms with Crippen LogP contribution in [0.25, 0.3) is 0 Å². The number of alkyl halides is 3. The van der Waals surface area contributed by atoms with E-state index >= 15 is 0 Å². The second kappa shape index (κ2) is 6.85. The van der Waals surface area contributed by atoms with Gasteiger partial charge in [-0.2, -0.15) is 13.2 Å². The van der Waals surface area contributed by atoms with Crippen molar-refractivity contribution in [3.8, 4) is 5.75 Å². The Labute approximate surface area is 142 Å². The van der Waals surface area contributed by atoms with Crippen molar-refractivity contribution in [2.45, 2.75) is 32.0 Å². The largest absolute Gasteiger partial charge is 0.490 e. The van der Waals surface area contributed by atoms with Gasteiger partial charge in [0.25, 0.3) is 0 Å². The summed E-state index contributed by atoms with van der Waals surface area (Å²) in [5, 5.41) is 9.55. The lowest BCUT2D eigenvalue weighted by Crippen LogP contribution is -2.12. The molecule has 8 heteroatoms. The van der Waals surface area contributed by atoms with E-state index in [-0.39, 0.29) is 17.6 Å². The monoisotopic (exact) mass is 355 g/mol. The number of rotatable bonds is 6. The van der Waals surface area contributed by atoms with Gasteiger partial charge in [0, 0.05) is 0 Å². The zero-order valence-corrected chi connectivity index (χ0v) is 13.5. The SMILES string of the molecule is CC(Nc1ccc(C(F)(F)F)nn1)c1ccc(OCC2CC2)c(F)c1. The molecule has 1 atom stereocenters. The van der Waals surface area contributed by atoms with Crippen LogP contribution in [0.15, 0.2) is 30.3 Å². The first-order valence-corrected chi connectivity index (χ1v) is 7.92. The molecule has 4 nitrogen and oxygen atoms in total. The Hall–Kier alpha value is -2.38. The summed E-state index contributed by atoms with van der Waals surface area (Å²) in [5.74, 6) is 0.440. The third-order valence-electron chi connectivity index (χ3n) is 3.95. The number of ether oxygens (including phenoxy) is 1. The topological polar surface area (TPSA) is 47.0 Å². The fourth-order valence-corrected chi connectivity index (χ4v) is 2.26. The summed E-state index contributed by atoms with van der Waals surface area (Å²) >= 11 is 0. The summed E-state index contributed by atoms with van der Waals surface area (Å²) in [6.07, 6.45) is -2.29. The van der Waals surface area contributed by atoms with Gasteiger partial charge in [-0.05, 0) is 55.5 Å². The molecule has 0 bridgehead atoms. The smallest absolute Gasteiger partial charge is 0.435 e. The van der Waals surface area contributed by atoms with Crippen LogP contribution < -0.4 is 10.1 Å². The van der Waals surface area contributed by atoms with Gasteiger partial charge in [-0.25, -0.2) is 4.39 Å². The first kappa shape index (κ1) is 17.4. The molecule has 25 heavy (non-hydrogen) atoms. The maximum Gasteiger partial charge on any atom is 0.435 e. The number of hydrogen-bond donors (Lipinski definition) is 1. The maximum atomic E-state index is 14.1. The molecule has 1 aromatic carbocycles. The minimum Gasteiger partial charge on any atom is -0.490 e. The minimum absolute atomic E-state index is 0.176. The van der Waals surface area contributed by atoms with Gasteiger partial charge in [0.1, 0.15) is 5.82 Å². The lowest BCUT2D eigenvalue weighted by Gasteiger charge is -2.16. The predicted molar refractivity (Wildman–Crippen MR) is 83.7 cm³/mol. The normalized spacial score (nSPS) is 15.7. The van der Waals surface area contributed by atoms with E-state index in [0.717, 1.165) is 18.9 Å². The molecular weight excluding hydrogens is 338 g/mol. The third kappa shape index (κ3) is 4.58. The number of nitrogens with zero attached hydrogens (tertiary/aromatic N) is 2. The summed E-state index contributed by atoms with van der Waals surface area (Å²) in [7, 11) is 0. The van der Waals surface area contributed by atoms with Crippen molar-refractivity contribution < 1.29 is 22.3 Å². The highest BCUT2D eigenvalue weighted by molar-refractivity contribution is 5.39. The molecule has 3 rings (SSSR count). The van der Waals surface area contributed by atoms with Gasteiger partial charge in [0.2, 0.25) is 0 Å². The van der Waals surface area contributed by atoms with E-state index in [1.165, 1.54) is 12.1 Å². The van der Waals surface area contributed by atoms with Crippen LogP contribution in [0, 0.1) is 11.7 Å². The van der Waals surface area contributed by atoms with Crippen LogP contribution in [-0.4, -0.2) is 16.8 Å². The zero-order valence-electron chi connectivity index (χ0n) is 13.5. The third-order valence-corrected chi connectivity index (χ3v) is 3.95. The quantitative estimate of drug-likeness (QED) is 0.770. The maximum absolute atomic E-state index is 14.1. The Morgan fingerprint density at radius 1 is 1.20 bits per heavy atom. The Morgan fingerprint density at radius 2 is 1.96 bits per heavy atom. The highest BCUT2D eigenvalue weighted by Gasteiger charge is 2.32. The standard InChI is InChI=1S/C17H17F4N3O/c1-10(22-16-7-6-15(23-24-16)17(19,20)21)12-4-5-14(13(18)8-12)25-9-11-2-3-11/h4-8,10-11H,2-3,9H2,1H3,(H,22,24). The van der Waals surface area contributed by atoms with Gasteiger partial charge in [-0.1, -0.05) is 6.07 Å². The molecular formula is C17H17F4N3O. The molecule has 134 valence electrons. The van der Waals surface area contributed by atoms with Gasteiger partial charge < -0.3 is 10.1 Å². The van der Waals surface area contributed by atoms with E-state index in [4.69, 9.17) is 4.74 Å². The molecule has 0 radical (unpaired) electrons. The van der Waals surface area contributed by atoms with E-state index in [9.17, 15) is 17.6 Å². The molecule has 1 aromatic heterocycles. The van der Waals surface area contributed by atoms with E-state index < -0.39 is 17.7 Å². The van der Waals surface area contributed by atoms with Crippen molar-refractivity contribution >= 4 is 5.82 Å². The Bertz CT molecular complexity index is 730. The molecule has 1 unspecified atom stereocenters. The van der Waals surface area contributed by atoms with Crippen molar-refractivity contribution in [2.24, 2.45) is 5.92 Å². The van der Waals surface area contributed by atoms with Gasteiger partial charge in [-0.3, -0.25) is 0 Å². The molecule has 1 aliphatic carbocycles. The molecule has 1 aliphatic rings. The van der Waals surface area contributed by atoms with Crippen molar-refractivity contribution in [1.29, 1.82) is 0 Å². The van der Waals surface area contributed by atoms with Gasteiger partial charge >= 0.3 is 6.18 Å². The van der Waals surface area contributed by atoms with Crippen LogP contribution in [0.2, 0.25) is 0 Å².